The van der Waals surface area contributed by atoms with Gasteiger partial charge in [0.1, 0.15) is 11.2 Å². The summed E-state index contributed by atoms with van der Waals surface area (Å²) in [5.74, 6) is 1.87. The zero-order valence-corrected chi connectivity index (χ0v) is 30.3. The molecule has 56 heavy (non-hydrogen) atoms. The lowest BCUT2D eigenvalue weighted by Gasteiger charge is -2.35. The van der Waals surface area contributed by atoms with Crippen molar-refractivity contribution in [2.24, 2.45) is 0 Å². The molecule has 0 unspecified atom stereocenters. The van der Waals surface area contributed by atoms with Gasteiger partial charge in [-0.15, -0.1) is 0 Å². The molecule has 0 spiro atoms. The van der Waals surface area contributed by atoms with Gasteiger partial charge in [0.2, 0.25) is 0 Å². The van der Waals surface area contributed by atoms with Gasteiger partial charge < -0.3 is 4.42 Å². The van der Waals surface area contributed by atoms with Crippen LogP contribution in [0.4, 0.5) is 0 Å². The molecule has 0 saturated heterocycles. The molecule has 262 valence electrons. The normalized spacial score (nSPS) is 12.8. The van der Waals surface area contributed by atoms with Crippen molar-refractivity contribution in [2.45, 2.75) is 5.41 Å². The molecular formula is C52H33N3O. The van der Waals surface area contributed by atoms with Crippen molar-refractivity contribution in [3.8, 4) is 56.4 Å². The lowest BCUT2D eigenvalue weighted by atomic mass is 9.66. The Labute approximate surface area is 324 Å². The summed E-state index contributed by atoms with van der Waals surface area (Å²) in [6, 6.07) is 70.3. The third kappa shape index (κ3) is 4.89. The lowest BCUT2D eigenvalue weighted by Crippen LogP contribution is -2.29. The van der Waals surface area contributed by atoms with Crippen molar-refractivity contribution in [1.82, 2.24) is 15.0 Å². The van der Waals surface area contributed by atoms with Crippen LogP contribution in [0.2, 0.25) is 0 Å². The number of fused-ring (bicyclic) bond motifs is 6. The highest BCUT2D eigenvalue weighted by Gasteiger charge is 2.47. The van der Waals surface area contributed by atoms with Gasteiger partial charge in [-0.25, -0.2) is 15.0 Å². The van der Waals surface area contributed by atoms with Gasteiger partial charge in [-0.3, -0.25) is 0 Å². The maximum Gasteiger partial charge on any atom is 0.164 e. The minimum atomic E-state index is -0.607. The molecule has 0 saturated carbocycles. The highest BCUT2D eigenvalue weighted by molar-refractivity contribution is 6.09. The summed E-state index contributed by atoms with van der Waals surface area (Å²) in [5, 5.41) is 2.22. The van der Waals surface area contributed by atoms with Crippen molar-refractivity contribution in [3.05, 3.63) is 222 Å². The molecule has 0 bridgehead atoms. The molecule has 1 aliphatic rings. The Hall–Kier alpha value is -7.43. The van der Waals surface area contributed by atoms with E-state index >= 15 is 0 Å². The minimum Gasteiger partial charge on any atom is -0.455 e. The number of nitrogens with zero attached hydrogens (tertiary/aromatic N) is 3. The van der Waals surface area contributed by atoms with Crippen molar-refractivity contribution in [3.63, 3.8) is 0 Å². The van der Waals surface area contributed by atoms with Gasteiger partial charge in [0.25, 0.3) is 0 Å². The van der Waals surface area contributed by atoms with E-state index in [1.54, 1.807) is 0 Å². The van der Waals surface area contributed by atoms with Crippen LogP contribution in [0, 0.1) is 0 Å². The largest absolute Gasteiger partial charge is 0.455 e. The Balaban J connectivity index is 1.12. The van der Waals surface area contributed by atoms with Crippen LogP contribution in [0.5, 0.6) is 0 Å². The first-order chi connectivity index (χ1) is 27.8. The van der Waals surface area contributed by atoms with E-state index in [9.17, 15) is 0 Å². The number of benzene rings is 8. The molecule has 10 aromatic rings. The fourth-order valence-electron chi connectivity index (χ4n) is 8.80. The van der Waals surface area contributed by atoms with Gasteiger partial charge in [0, 0.05) is 33.0 Å². The van der Waals surface area contributed by atoms with Gasteiger partial charge in [-0.2, -0.15) is 0 Å². The Morgan fingerprint density at radius 2 is 0.839 bits per heavy atom. The predicted molar refractivity (Wildman–Crippen MR) is 226 cm³/mol. The molecule has 0 radical (unpaired) electrons. The standard InChI is InChI=1S/C52H33N3O/c1-4-16-35(17-5-1)49-53-50(36-32-30-34(31-33-36)39-24-14-26-43-41-23-11-13-29-46(41)56-48(39)43)55-51(54-49)44-27-15-25-42-40-22-10-12-28-45(40)52(47(42)44,37-18-6-2-7-19-37)38-20-8-3-9-21-38/h1-33H. The van der Waals surface area contributed by atoms with Crippen LogP contribution < -0.4 is 0 Å². The summed E-state index contributed by atoms with van der Waals surface area (Å²) in [5.41, 5.74) is 13.3. The van der Waals surface area contributed by atoms with Crippen LogP contribution in [-0.2, 0) is 5.41 Å². The highest BCUT2D eigenvalue weighted by atomic mass is 16.3. The average Bonchev–Trinajstić information content (AvgIpc) is 3.82. The molecular weight excluding hydrogens is 683 g/mol. The predicted octanol–water partition coefficient (Wildman–Crippen LogP) is 12.8. The summed E-state index contributed by atoms with van der Waals surface area (Å²) in [7, 11) is 0. The summed E-state index contributed by atoms with van der Waals surface area (Å²) in [4.78, 5) is 15.7. The van der Waals surface area contributed by atoms with E-state index in [2.05, 4.69) is 170 Å². The lowest BCUT2D eigenvalue weighted by molar-refractivity contribution is 0.670. The number of aromatic nitrogens is 3. The number of hydrogen-bond donors (Lipinski definition) is 0. The van der Waals surface area contributed by atoms with E-state index in [0.717, 1.165) is 49.8 Å². The van der Waals surface area contributed by atoms with E-state index in [4.69, 9.17) is 19.4 Å². The van der Waals surface area contributed by atoms with Crippen molar-refractivity contribution < 1.29 is 4.42 Å². The van der Waals surface area contributed by atoms with Crippen LogP contribution >= 0.6 is 0 Å². The summed E-state index contributed by atoms with van der Waals surface area (Å²) < 4.78 is 6.39. The van der Waals surface area contributed by atoms with Gasteiger partial charge in [-0.05, 0) is 45.0 Å². The fourth-order valence-corrected chi connectivity index (χ4v) is 8.80. The molecule has 11 rings (SSSR count). The van der Waals surface area contributed by atoms with Crippen LogP contribution in [0.1, 0.15) is 22.3 Å². The fraction of sp³-hybridized carbons (Fsp3) is 0.0192. The molecule has 8 aromatic carbocycles. The molecule has 0 amide bonds. The maximum atomic E-state index is 6.39. The smallest absolute Gasteiger partial charge is 0.164 e. The van der Waals surface area contributed by atoms with E-state index in [1.807, 2.05) is 30.3 Å². The number of furan rings is 1. The van der Waals surface area contributed by atoms with Gasteiger partial charge >= 0.3 is 0 Å². The van der Waals surface area contributed by atoms with E-state index in [0.29, 0.717) is 17.5 Å². The molecule has 2 heterocycles. The molecule has 4 heteroatoms. The summed E-state index contributed by atoms with van der Waals surface area (Å²) >= 11 is 0. The number of rotatable bonds is 6. The third-order valence-electron chi connectivity index (χ3n) is 11.2. The van der Waals surface area contributed by atoms with Crippen LogP contribution in [-0.4, -0.2) is 15.0 Å². The monoisotopic (exact) mass is 715 g/mol. The number of hydrogen-bond acceptors (Lipinski definition) is 4. The Morgan fingerprint density at radius 1 is 0.339 bits per heavy atom. The second kappa shape index (κ2) is 12.9. The zero-order chi connectivity index (χ0) is 37.1. The number of para-hydroxylation sites is 2. The Kier molecular flexibility index (Phi) is 7.36. The van der Waals surface area contributed by atoms with E-state index < -0.39 is 5.41 Å². The van der Waals surface area contributed by atoms with Crippen molar-refractivity contribution >= 4 is 21.9 Å². The van der Waals surface area contributed by atoms with Crippen molar-refractivity contribution in [2.75, 3.05) is 0 Å². The molecule has 0 fully saturated rings. The highest BCUT2D eigenvalue weighted by Crippen LogP contribution is 2.58. The SMILES string of the molecule is c1ccc(-c2nc(-c3ccc(-c4cccc5c4oc4ccccc45)cc3)nc(-c3cccc4c3C(c3ccccc3)(c3ccccc3)c3ccccc3-4)n2)cc1. The van der Waals surface area contributed by atoms with Gasteiger partial charge in [-0.1, -0.05) is 194 Å². The summed E-state index contributed by atoms with van der Waals surface area (Å²) in [6.45, 7) is 0. The Morgan fingerprint density at radius 3 is 1.57 bits per heavy atom. The molecule has 0 aliphatic heterocycles. The minimum absolute atomic E-state index is 0.607. The molecule has 4 nitrogen and oxygen atoms in total. The molecule has 2 aromatic heterocycles. The molecule has 1 aliphatic carbocycles. The first-order valence-electron chi connectivity index (χ1n) is 18.9. The zero-order valence-electron chi connectivity index (χ0n) is 30.3. The maximum absolute atomic E-state index is 6.39. The topological polar surface area (TPSA) is 51.8 Å². The van der Waals surface area contributed by atoms with Crippen LogP contribution in [0.3, 0.4) is 0 Å². The average molecular weight is 716 g/mol. The summed E-state index contributed by atoms with van der Waals surface area (Å²) in [6.07, 6.45) is 0. The van der Waals surface area contributed by atoms with Crippen LogP contribution in [0.25, 0.3) is 78.4 Å². The second-order valence-electron chi connectivity index (χ2n) is 14.3. The molecule has 0 atom stereocenters. The quantitative estimate of drug-likeness (QED) is 0.172. The Bertz CT molecular complexity index is 3020. The van der Waals surface area contributed by atoms with Gasteiger partial charge in [0.05, 0.1) is 5.41 Å². The molecule has 0 N–H and O–H groups in total. The van der Waals surface area contributed by atoms with Crippen LogP contribution in [0.15, 0.2) is 205 Å². The first kappa shape index (κ1) is 32.0. The van der Waals surface area contributed by atoms with E-state index in [-0.39, 0.29) is 0 Å². The second-order valence-corrected chi connectivity index (χ2v) is 14.3. The van der Waals surface area contributed by atoms with E-state index in [1.165, 1.54) is 33.4 Å². The first-order valence-corrected chi connectivity index (χ1v) is 18.9. The third-order valence-corrected chi connectivity index (χ3v) is 11.2. The van der Waals surface area contributed by atoms with Gasteiger partial charge in [0.15, 0.2) is 17.5 Å². The van der Waals surface area contributed by atoms with Crippen molar-refractivity contribution in [1.29, 1.82) is 0 Å².